The second-order valence-corrected chi connectivity index (χ2v) is 6.91. The van der Waals surface area contributed by atoms with Crippen molar-refractivity contribution in [3.05, 3.63) is 42.0 Å². The molecule has 4 rings (SSSR count). The van der Waals surface area contributed by atoms with Gasteiger partial charge in [-0.3, -0.25) is 9.59 Å². The van der Waals surface area contributed by atoms with Crippen LogP contribution in [-0.2, 0) is 20.9 Å². The fraction of sp³-hybridized carbons (Fsp3) is 0.286. The van der Waals surface area contributed by atoms with Crippen LogP contribution in [0.1, 0.15) is 19.4 Å². The lowest BCUT2D eigenvalue weighted by Gasteiger charge is -2.19. The van der Waals surface area contributed by atoms with Crippen LogP contribution in [0.3, 0.4) is 0 Å². The highest BCUT2D eigenvalue weighted by molar-refractivity contribution is 5.97. The predicted octanol–water partition coefficient (Wildman–Crippen LogP) is 1.94. The maximum Gasteiger partial charge on any atom is 0.308 e. The second kappa shape index (κ2) is 8.53. The first-order valence-electron chi connectivity index (χ1n) is 9.69. The minimum Gasteiger partial charge on any atom is -0.493 e. The summed E-state index contributed by atoms with van der Waals surface area (Å²) in [5, 5.41) is 13.9. The molecule has 0 aliphatic carbocycles. The summed E-state index contributed by atoms with van der Waals surface area (Å²) in [6.45, 7) is 2.89. The van der Waals surface area contributed by atoms with Gasteiger partial charge in [-0.1, -0.05) is 17.3 Å². The van der Waals surface area contributed by atoms with Crippen molar-refractivity contribution in [1.82, 2.24) is 20.0 Å². The van der Waals surface area contributed by atoms with E-state index in [0.29, 0.717) is 5.56 Å². The number of benzene rings is 2. The molecule has 1 unspecified atom stereocenters. The summed E-state index contributed by atoms with van der Waals surface area (Å²) >= 11 is 0. The van der Waals surface area contributed by atoms with Gasteiger partial charge in [0.05, 0.1) is 19.7 Å². The molecule has 0 saturated carbocycles. The van der Waals surface area contributed by atoms with Gasteiger partial charge in [0.15, 0.2) is 11.5 Å². The molecule has 0 radical (unpaired) electrons. The minimum atomic E-state index is -0.738. The Morgan fingerprint density at radius 3 is 2.41 bits per heavy atom. The van der Waals surface area contributed by atoms with E-state index in [4.69, 9.17) is 18.9 Å². The van der Waals surface area contributed by atoms with Crippen molar-refractivity contribution < 1.29 is 28.5 Å². The summed E-state index contributed by atoms with van der Waals surface area (Å²) in [4.78, 5) is 23.7. The van der Waals surface area contributed by atoms with Crippen LogP contribution in [0, 0.1) is 0 Å². The first-order chi connectivity index (χ1) is 15.4. The number of hydrogen-bond acceptors (Lipinski definition) is 9. The van der Waals surface area contributed by atoms with Gasteiger partial charge in [0.2, 0.25) is 23.8 Å². The van der Waals surface area contributed by atoms with Gasteiger partial charge in [0, 0.05) is 19.4 Å². The Balaban J connectivity index is 1.66. The van der Waals surface area contributed by atoms with E-state index in [1.165, 1.54) is 33.1 Å². The van der Waals surface area contributed by atoms with Crippen LogP contribution in [0.15, 0.2) is 41.5 Å². The number of hydrogen-bond donors (Lipinski definition) is 0. The number of aromatic nitrogens is 3. The van der Waals surface area contributed by atoms with Gasteiger partial charge in [-0.05, 0) is 24.3 Å². The Morgan fingerprint density at radius 2 is 1.78 bits per heavy atom. The smallest absolute Gasteiger partial charge is 0.308 e. The second-order valence-electron chi connectivity index (χ2n) is 6.91. The standard InChI is InChI=1S/C21H21N5O6/c1-12(27)26-19(11-25-16-8-6-5-7-15(16)22-24-25)32-21(23-26)14-9-17(29-3)20(31-13(2)28)18(10-14)30-4/h5-10,19H,11H2,1-4H3. The van der Waals surface area contributed by atoms with Gasteiger partial charge in [-0.15, -0.1) is 10.2 Å². The third kappa shape index (κ3) is 3.92. The third-order valence-corrected chi connectivity index (χ3v) is 4.74. The summed E-state index contributed by atoms with van der Waals surface area (Å²) in [7, 11) is 2.87. The van der Waals surface area contributed by atoms with E-state index in [2.05, 4.69) is 15.4 Å². The van der Waals surface area contributed by atoms with Crippen LogP contribution in [0.25, 0.3) is 11.0 Å². The molecule has 166 valence electrons. The Morgan fingerprint density at radius 1 is 1.09 bits per heavy atom. The summed E-state index contributed by atoms with van der Waals surface area (Å²) < 4.78 is 23.6. The van der Waals surface area contributed by atoms with Crippen molar-refractivity contribution in [2.24, 2.45) is 5.10 Å². The van der Waals surface area contributed by atoms with Gasteiger partial charge in [0.25, 0.3) is 0 Å². The van der Waals surface area contributed by atoms with Crippen molar-refractivity contribution in [2.75, 3.05) is 14.2 Å². The molecule has 3 aromatic rings. The fourth-order valence-corrected chi connectivity index (χ4v) is 3.33. The van der Waals surface area contributed by atoms with Crippen molar-refractivity contribution in [3.8, 4) is 17.2 Å². The zero-order valence-corrected chi connectivity index (χ0v) is 17.9. The van der Waals surface area contributed by atoms with E-state index in [1.54, 1.807) is 16.8 Å². The first-order valence-corrected chi connectivity index (χ1v) is 9.69. The van der Waals surface area contributed by atoms with E-state index in [-0.39, 0.29) is 35.6 Å². The molecule has 0 bridgehead atoms. The molecule has 11 nitrogen and oxygen atoms in total. The summed E-state index contributed by atoms with van der Waals surface area (Å²) in [5.74, 6) is -0.00189. The molecule has 1 aliphatic heterocycles. The number of esters is 1. The number of methoxy groups -OCH3 is 2. The van der Waals surface area contributed by atoms with Gasteiger partial charge in [-0.2, -0.15) is 5.01 Å². The SMILES string of the molecule is COc1cc(C2=NN(C(C)=O)C(Cn3nnc4ccccc43)O2)cc(OC)c1OC(C)=O. The lowest BCUT2D eigenvalue weighted by molar-refractivity contribution is -0.135. The Labute approximate surface area is 183 Å². The average molecular weight is 439 g/mol. The number of ether oxygens (including phenoxy) is 4. The number of rotatable bonds is 6. The number of fused-ring (bicyclic) bond motifs is 1. The molecular formula is C21H21N5O6. The van der Waals surface area contributed by atoms with Crippen LogP contribution in [0.5, 0.6) is 17.2 Å². The van der Waals surface area contributed by atoms with Crippen LogP contribution in [0.2, 0.25) is 0 Å². The van der Waals surface area contributed by atoms with Crippen molar-refractivity contribution in [2.45, 2.75) is 26.6 Å². The highest BCUT2D eigenvalue weighted by Gasteiger charge is 2.33. The molecular weight excluding hydrogens is 418 g/mol. The monoisotopic (exact) mass is 439 g/mol. The average Bonchev–Trinajstić information content (AvgIpc) is 3.38. The van der Waals surface area contributed by atoms with Crippen molar-refractivity contribution >= 4 is 28.8 Å². The number of para-hydroxylation sites is 1. The van der Waals surface area contributed by atoms with Crippen molar-refractivity contribution in [3.63, 3.8) is 0 Å². The lowest BCUT2D eigenvalue weighted by atomic mass is 10.1. The number of nitrogens with zero attached hydrogens (tertiary/aromatic N) is 5. The summed E-state index contributed by atoms with van der Waals surface area (Å²) in [6.07, 6.45) is -0.738. The summed E-state index contributed by atoms with van der Waals surface area (Å²) in [5.41, 5.74) is 2.02. The van der Waals surface area contributed by atoms with Crippen LogP contribution in [0.4, 0.5) is 0 Å². The highest BCUT2D eigenvalue weighted by atomic mass is 16.6. The molecule has 2 heterocycles. The van der Waals surface area contributed by atoms with E-state index >= 15 is 0 Å². The molecule has 11 heteroatoms. The van der Waals surface area contributed by atoms with E-state index in [0.717, 1.165) is 11.0 Å². The van der Waals surface area contributed by atoms with Crippen LogP contribution < -0.4 is 14.2 Å². The van der Waals surface area contributed by atoms with Gasteiger partial charge in [0.1, 0.15) is 12.1 Å². The van der Waals surface area contributed by atoms with E-state index in [9.17, 15) is 9.59 Å². The molecule has 1 atom stereocenters. The summed E-state index contributed by atoms with van der Waals surface area (Å²) in [6, 6.07) is 10.7. The zero-order valence-electron chi connectivity index (χ0n) is 17.9. The molecule has 1 aliphatic rings. The highest BCUT2D eigenvalue weighted by Crippen LogP contribution is 2.39. The Bertz CT molecular complexity index is 1200. The molecule has 0 fully saturated rings. The molecule has 0 saturated heterocycles. The zero-order chi connectivity index (χ0) is 22.8. The molecule has 1 amide bonds. The normalized spacial score (nSPS) is 15.3. The minimum absolute atomic E-state index is 0.138. The number of carbonyl (C=O) groups excluding carboxylic acids is 2. The van der Waals surface area contributed by atoms with Crippen molar-refractivity contribution in [1.29, 1.82) is 0 Å². The fourth-order valence-electron chi connectivity index (χ4n) is 3.33. The van der Waals surface area contributed by atoms with Gasteiger partial charge in [-0.25, -0.2) is 4.68 Å². The maximum absolute atomic E-state index is 12.2. The molecule has 2 aromatic carbocycles. The predicted molar refractivity (Wildman–Crippen MR) is 112 cm³/mol. The van der Waals surface area contributed by atoms with E-state index in [1.807, 2.05) is 24.3 Å². The molecule has 0 N–H and O–H groups in total. The number of carbonyl (C=O) groups is 2. The molecule has 0 spiro atoms. The largest absolute Gasteiger partial charge is 0.493 e. The Hall–Kier alpha value is -4.15. The quantitative estimate of drug-likeness (QED) is 0.422. The number of hydrazone groups is 1. The van der Waals surface area contributed by atoms with Gasteiger partial charge < -0.3 is 18.9 Å². The topological polar surface area (TPSA) is 117 Å². The van der Waals surface area contributed by atoms with Crippen LogP contribution in [-0.4, -0.2) is 58.2 Å². The number of amides is 1. The van der Waals surface area contributed by atoms with Gasteiger partial charge >= 0.3 is 5.97 Å². The molecule has 1 aromatic heterocycles. The third-order valence-electron chi connectivity index (χ3n) is 4.74. The first kappa shape index (κ1) is 21.1. The maximum atomic E-state index is 12.2. The Kier molecular flexibility index (Phi) is 5.63. The lowest BCUT2D eigenvalue weighted by Crippen LogP contribution is -2.35. The molecule has 32 heavy (non-hydrogen) atoms. The van der Waals surface area contributed by atoms with Crippen LogP contribution >= 0.6 is 0 Å². The van der Waals surface area contributed by atoms with E-state index < -0.39 is 12.2 Å².